The molecule has 1 aromatic rings. The lowest BCUT2D eigenvalue weighted by Gasteiger charge is -2.18. The molecule has 1 atom stereocenters. The van der Waals surface area contributed by atoms with Crippen molar-refractivity contribution in [1.29, 1.82) is 0 Å². The number of carbonyl (C=O) groups excluding carboxylic acids is 1. The van der Waals surface area contributed by atoms with E-state index in [1.54, 1.807) is 0 Å². The van der Waals surface area contributed by atoms with E-state index in [0.29, 0.717) is 0 Å². The standard InChI is InChI=1S/C14H20N2O.ClH/c1-9(2)13(15)14(17)16-12-7-10-5-3-4-6-11(10)8-12;/h3-6,9,12-13H,7-8,15H2,1-2H3,(H,16,17);1H/t13-;/m0./s1. The van der Waals surface area contributed by atoms with Crippen molar-refractivity contribution >= 4 is 18.3 Å². The maximum Gasteiger partial charge on any atom is 0.237 e. The summed E-state index contributed by atoms with van der Waals surface area (Å²) in [5.41, 5.74) is 8.52. The molecule has 3 N–H and O–H groups in total. The number of benzene rings is 1. The van der Waals surface area contributed by atoms with Gasteiger partial charge in [0.25, 0.3) is 0 Å². The van der Waals surface area contributed by atoms with Crippen molar-refractivity contribution in [3.63, 3.8) is 0 Å². The number of nitrogens with two attached hydrogens (primary N) is 1. The van der Waals surface area contributed by atoms with Crippen LogP contribution in [0.25, 0.3) is 0 Å². The molecule has 0 heterocycles. The Morgan fingerprint density at radius 3 is 2.22 bits per heavy atom. The zero-order valence-electron chi connectivity index (χ0n) is 10.8. The number of nitrogens with one attached hydrogen (secondary N) is 1. The maximum absolute atomic E-state index is 11.9. The van der Waals surface area contributed by atoms with Gasteiger partial charge in [-0.1, -0.05) is 38.1 Å². The third-order valence-electron chi connectivity index (χ3n) is 3.42. The summed E-state index contributed by atoms with van der Waals surface area (Å²) >= 11 is 0. The van der Waals surface area contributed by atoms with Gasteiger partial charge in [-0.05, 0) is 29.9 Å². The average Bonchev–Trinajstić information content (AvgIpc) is 2.69. The van der Waals surface area contributed by atoms with Crippen molar-refractivity contribution in [3.05, 3.63) is 35.4 Å². The molecule has 4 heteroatoms. The number of halogens is 1. The van der Waals surface area contributed by atoms with Crippen molar-refractivity contribution < 1.29 is 4.79 Å². The largest absolute Gasteiger partial charge is 0.351 e. The summed E-state index contributed by atoms with van der Waals surface area (Å²) in [5, 5.41) is 3.04. The third kappa shape index (κ3) is 3.24. The van der Waals surface area contributed by atoms with Crippen LogP contribution in [0, 0.1) is 5.92 Å². The molecule has 0 unspecified atom stereocenters. The van der Waals surface area contributed by atoms with Crippen LogP contribution in [-0.4, -0.2) is 18.0 Å². The van der Waals surface area contributed by atoms with Crippen LogP contribution < -0.4 is 11.1 Å². The number of carbonyl (C=O) groups is 1. The highest BCUT2D eigenvalue weighted by Gasteiger charge is 2.25. The van der Waals surface area contributed by atoms with Gasteiger partial charge in [0, 0.05) is 6.04 Å². The van der Waals surface area contributed by atoms with Crippen LogP contribution >= 0.6 is 12.4 Å². The molecule has 0 aliphatic heterocycles. The van der Waals surface area contributed by atoms with Crippen molar-refractivity contribution in [1.82, 2.24) is 5.32 Å². The van der Waals surface area contributed by atoms with E-state index in [-0.39, 0.29) is 30.3 Å². The molecule has 3 nitrogen and oxygen atoms in total. The number of hydrogen-bond donors (Lipinski definition) is 2. The highest BCUT2D eigenvalue weighted by molar-refractivity contribution is 5.85. The van der Waals surface area contributed by atoms with Crippen molar-refractivity contribution in [2.75, 3.05) is 0 Å². The Morgan fingerprint density at radius 1 is 1.28 bits per heavy atom. The first-order valence-corrected chi connectivity index (χ1v) is 6.20. The number of rotatable bonds is 3. The van der Waals surface area contributed by atoms with Crippen molar-refractivity contribution in [3.8, 4) is 0 Å². The molecule has 18 heavy (non-hydrogen) atoms. The highest BCUT2D eigenvalue weighted by atomic mass is 35.5. The van der Waals surface area contributed by atoms with E-state index >= 15 is 0 Å². The summed E-state index contributed by atoms with van der Waals surface area (Å²) in [5.74, 6) is 0.150. The molecule has 0 fully saturated rings. The monoisotopic (exact) mass is 268 g/mol. The van der Waals surface area contributed by atoms with Gasteiger partial charge in [0.05, 0.1) is 6.04 Å². The lowest BCUT2D eigenvalue weighted by molar-refractivity contribution is -0.123. The van der Waals surface area contributed by atoms with Crippen LogP contribution in [0.5, 0.6) is 0 Å². The lowest BCUT2D eigenvalue weighted by atomic mass is 10.0. The second-order valence-corrected chi connectivity index (χ2v) is 5.15. The van der Waals surface area contributed by atoms with Gasteiger partial charge in [0.2, 0.25) is 5.91 Å². The third-order valence-corrected chi connectivity index (χ3v) is 3.42. The predicted molar refractivity (Wildman–Crippen MR) is 75.8 cm³/mol. The molecule has 0 bridgehead atoms. The van der Waals surface area contributed by atoms with Gasteiger partial charge in [0.15, 0.2) is 0 Å². The molecule has 0 saturated heterocycles. The fourth-order valence-electron chi connectivity index (χ4n) is 2.26. The smallest absolute Gasteiger partial charge is 0.237 e. The number of hydrogen-bond acceptors (Lipinski definition) is 2. The van der Waals surface area contributed by atoms with Gasteiger partial charge in [-0.3, -0.25) is 4.79 Å². The molecule has 0 aromatic heterocycles. The van der Waals surface area contributed by atoms with Gasteiger partial charge >= 0.3 is 0 Å². The van der Waals surface area contributed by atoms with E-state index < -0.39 is 6.04 Å². The van der Waals surface area contributed by atoms with E-state index in [9.17, 15) is 4.79 Å². The van der Waals surface area contributed by atoms with Crippen LogP contribution in [-0.2, 0) is 17.6 Å². The molecule has 1 aliphatic carbocycles. The fraction of sp³-hybridized carbons (Fsp3) is 0.500. The molecular weight excluding hydrogens is 248 g/mol. The minimum absolute atomic E-state index is 0. The van der Waals surface area contributed by atoms with Crippen LogP contribution in [0.15, 0.2) is 24.3 Å². The Hall–Kier alpha value is -1.06. The molecule has 100 valence electrons. The Balaban J connectivity index is 0.00000162. The van der Waals surface area contributed by atoms with E-state index in [0.717, 1.165) is 12.8 Å². The first-order valence-electron chi connectivity index (χ1n) is 6.20. The molecule has 0 saturated carbocycles. The van der Waals surface area contributed by atoms with Gasteiger partial charge in [-0.2, -0.15) is 0 Å². The molecule has 1 aliphatic rings. The zero-order chi connectivity index (χ0) is 12.4. The molecule has 1 amide bonds. The molecular formula is C14H21ClN2O. The Morgan fingerprint density at radius 2 is 1.78 bits per heavy atom. The van der Waals surface area contributed by atoms with Crippen molar-refractivity contribution in [2.24, 2.45) is 11.7 Å². The quantitative estimate of drug-likeness (QED) is 0.876. The van der Waals surface area contributed by atoms with E-state index in [4.69, 9.17) is 5.73 Å². The maximum atomic E-state index is 11.9. The lowest BCUT2D eigenvalue weighted by Crippen LogP contribution is -2.48. The Bertz CT molecular complexity index is 395. The normalized spacial score (nSPS) is 16.0. The minimum atomic E-state index is -0.404. The van der Waals surface area contributed by atoms with Crippen LogP contribution in [0.1, 0.15) is 25.0 Å². The van der Waals surface area contributed by atoms with Crippen LogP contribution in [0.3, 0.4) is 0 Å². The SMILES string of the molecule is CC(C)[C@H](N)C(=O)NC1Cc2ccccc2C1.Cl. The van der Waals surface area contributed by atoms with E-state index in [1.807, 2.05) is 26.0 Å². The topological polar surface area (TPSA) is 55.1 Å². The average molecular weight is 269 g/mol. The summed E-state index contributed by atoms with van der Waals surface area (Å²) in [6, 6.07) is 8.16. The summed E-state index contributed by atoms with van der Waals surface area (Å²) in [6.07, 6.45) is 1.85. The van der Waals surface area contributed by atoms with Crippen molar-refractivity contribution in [2.45, 2.75) is 38.8 Å². The summed E-state index contributed by atoms with van der Waals surface area (Å²) in [7, 11) is 0. The Labute approximate surface area is 115 Å². The molecule has 1 aromatic carbocycles. The number of amides is 1. The molecule has 0 radical (unpaired) electrons. The second-order valence-electron chi connectivity index (χ2n) is 5.15. The first-order chi connectivity index (χ1) is 8.08. The number of fused-ring (bicyclic) bond motifs is 1. The molecule has 0 spiro atoms. The van der Waals surface area contributed by atoms with Gasteiger partial charge < -0.3 is 11.1 Å². The minimum Gasteiger partial charge on any atom is -0.351 e. The van der Waals surface area contributed by atoms with Gasteiger partial charge in [0.1, 0.15) is 0 Å². The fourth-order valence-corrected chi connectivity index (χ4v) is 2.26. The van der Waals surface area contributed by atoms with Gasteiger partial charge in [-0.15, -0.1) is 12.4 Å². The van der Waals surface area contributed by atoms with Crippen LogP contribution in [0.2, 0.25) is 0 Å². The molecule has 2 rings (SSSR count). The Kier molecular flexibility index (Phi) is 5.17. The zero-order valence-corrected chi connectivity index (χ0v) is 11.7. The van der Waals surface area contributed by atoms with E-state index in [1.165, 1.54) is 11.1 Å². The van der Waals surface area contributed by atoms with Gasteiger partial charge in [-0.25, -0.2) is 0 Å². The van der Waals surface area contributed by atoms with Crippen LogP contribution in [0.4, 0.5) is 0 Å². The summed E-state index contributed by atoms with van der Waals surface area (Å²) in [6.45, 7) is 3.93. The first kappa shape index (κ1) is 15.0. The van der Waals surface area contributed by atoms with E-state index in [2.05, 4.69) is 17.4 Å². The summed E-state index contributed by atoms with van der Waals surface area (Å²) < 4.78 is 0. The predicted octanol–water partition coefficient (Wildman–Crippen LogP) is 1.68. The summed E-state index contributed by atoms with van der Waals surface area (Å²) in [4.78, 5) is 11.9. The second kappa shape index (κ2) is 6.21. The highest BCUT2D eigenvalue weighted by Crippen LogP contribution is 2.21.